The van der Waals surface area contributed by atoms with E-state index in [2.05, 4.69) is 16.5 Å². The number of nitrogens with zero attached hydrogens (tertiary/aromatic N) is 2. The maximum atomic E-state index is 11.3. The molecular formula is C16H22F3N3O4S. The van der Waals surface area contributed by atoms with Crippen molar-refractivity contribution in [1.82, 2.24) is 15.1 Å². The lowest BCUT2D eigenvalue weighted by Crippen LogP contribution is -2.32. The summed E-state index contributed by atoms with van der Waals surface area (Å²) < 4.78 is 38.6. The molecule has 2 N–H and O–H groups in total. The van der Waals surface area contributed by atoms with Crippen LogP contribution < -0.4 is 5.32 Å². The Labute approximate surface area is 158 Å². The van der Waals surface area contributed by atoms with E-state index in [1.54, 1.807) is 14.0 Å². The second-order valence-electron chi connectivity index (χ2n) is 5.58. The molecule has 1 unspecified atom stereocenters. The first-order valence-electron chi connectivity index (χ1n) is 8.04. The van der Waals surface area contributed by atoms with Gasteiger partial charge < -0.3 is 15.2 Å². The van der Waals surface area contributed by atoms with Crippen LogP contribution in [0.2, 0.25) is 0 Å². The van der Waals surface area contributed by atoms with E-state index in [9.17, 15) is 18.0 Å². The number of piperidine rings is 1. The summed E-state index contributed by atoms with van der Waals surface area (Å²) in [6.07, 6.45) is -0.0503. The number of aromatic nitrogens is 2. The fourth-order valence-electron chi connectivity index (χ4n) is 2.20. The predicted octanol–water partition coefficient (Wildman–Crippen LogP) is 2.19. The van der Waals surface area contributed by atoms with Gasteiger partial charge in [0.15, 0.2) is 5.12 Å². The predicted molar refractivity (Wildman–Crippen MR) is 95.3 cm³/mol. The Morgan fingerprint density at radius 1 is 1.52 bits per heavy atom. The molecule has 0 saturated carbocycles. The van der Waals surface area contributed by atoms with Gasteiger partial charge in [0.1, 0.15) is 0 Å². The quantitative estimate of drug-likeness (QED) is 0.770. The number of carboxylic acid groups (broad SMARTS) is 1. The Bertz CT molecular complexity index is 662. The van der Waals surface area contributed by atoms with Gasteiger partial charge in [-0.25, -0.2) is 4.79 Å². The fraction of sp³-hybridized carbons (Fsp3) is 0.562. The molecule has 2 heterocycles. The van der Waals surface area contributed by atoms with Crippen molar-refractivity contribution in [3.05, 3.63) is 23.5 Å². The molecule has 1 aromatic heterocycles. The van der Waals surface area contributed by atoms with Gasteiger partial charge in [0.05, 0.1) is 18.8 Å². The number of halogens is 3. The van der Waals surface area contributed by atoms with Crippen molar-refractivity contribution < 1.29 is 32.6 Å². The van der Waals surface area contributed by atoms with E-state index in [4.69, 9.17) is 14.6 Å². The number of nitrogens with one attached hydrogen (secondary N) is 1. The number of ether oxygens (including phenoxy) is 1. The van der Waals surface area contributed by atoms with Crippen molar-refractivity contribution in [2.75, 3.05) is 26.8 Å². The molecule has 1 atom stereocenters. The molecule has 0 bridgehead atoms. The monoisotopic (exact) mass is 409 g/mol. The zero-order valence-corrected chi connectivity index (χ0v) is 15.8. The number of carbonyl (C=O) groups excluding carboxylic acids is 1. The molecule has 0 spiro atoms. The summed E-state index contributed by atoms with van der Waals surface area (Å²) >= 11 is 1.42. The molecule has 0 aromatic carbocycles. The topological polar surface area (TPSA) is 93.5 Å². The van der Waals surface area contributed by atoms with Gasteiger partial charge in [-0.3, -0.25) is 9.48 Å². The van der Waals surface area contributed by atoms with Gasteiger partial charge in [-0.05, 0) is 30.7 Å². The molecule has 0 amide bonds. The lowest BCUT2D eigenvalue weighted by molar-refractivity contribution is -0.192. The van der Waals surface area contributed by atoms with Crippen molar-refractivity contribution in [3.63, 3.8) is 0 Å². The Morgan fingerprint density at radius 3 is 2.74 bits per heavy atom. The summed E-state index contributed by atoms with van der Waals surface area (Å²) in [6, 6.07) is 1.99. The van der Waals surface area contributed by atoms with Gasteiger partial charge in [-0.2, -0.15) is 18.3 Å². The molecule has 1 saturated heterocycles. The molecule has 27 heavy (non-hydrogen) atoms. The zero-order chi connectivity index (χ0) is 20.4. The third-order valence-electron chi connectivity index (χ3n) is 3.40. The van der Waals surface area contributed by atoms with E-state index in [1.807, 2.05) is 16.9 Å². The molecule has 1 fully saturated rings. The van der Waals surface area contributed by atoms with Crippen molar-refractivity contribution >= 4 is 28.9 Å². The van der Waals surface area contributed by atoms with Crippen molar-refractivity contribution in [2.24, 2.45) is 0 Å². The van der Waals surface area contributed by atoms with Crippen LogP contribution in [0.25, 0.3) is 6.08 Å². The Morgan fingerprint density at radius 2 is 2.19 bits per heavy atom. The van der Waals surface area contributed by atoms with Crippen molar-refractivity contribution in [1.29, 1.82) is 0 Å². The van der Waals surface area contributed by atoms with Crippen LogP contribution in [0.3, 0.4) is 0 Å². The minimum absolute atomic E-state index is 0.174. The second-order valence-corrected chi connectivity index (χ2v) is 6.96. The highest BCUT2D eigenvalue weighted by atomic mass is 32.2. The number of rotatable bonds is 5. The normalized spacial score (nSPS) is 18.7. The highest BCUT2D eigenvalue weighted by Crippen LogP contribution is 2.26. The molecule has 0 radical (unpaired) electrons. The van der Waals surface area contributed by atoms with Crippen LogP contribution in [0.5, 0.6) is 0 Å². The van der Waals surface area contributed by atoms with Gasteiger partial charge in [0.25, 0.3) is 0 Å². The first kappa shape index (κ1) is 23.2. The largest absolute Gasteiger partial charge is 0.490 e. The molecule has 2 rings (SSSR count). The molecule has 7 nitrogen and oxygen atoms in total. The van der Waals surface area contributed by atoms with Crippen LogP contribution in [-0.2, 0) is 20.9 Å². The van der Waals surface area contributed by atoms with Gasteiger partial charge in [-0.1, -0.05) is 11.8 Å². The molecule has 1 aliphatic rings. The number of hydrogen-bond donors (Lipinski definition) is 2. The van der Waals surface area contributed by atoms with Crippen LogP contribution in [0, 0.1) is 0 Å². The molecule has 0 aliphatic carbocycles. The van der Waals surface area contributed by atoms with Gasteiger partial charge in [0, 0.05) is 32.0 Å². The van der Waals surface area contributed by atoms with Gasteiger partial charge in [0.2, 0.25) is 0 Å². The first-order chi connectivity index (χ1) is 12.6. The Hall–Kier alpha value is -1.85. The van der Waals surface area contributed by atoms with E-state index in [-0.39, 0.29) is 10.4 Å². The average Bonchev–Trinajstić information content (AvgIpc) is 3.01. The standard InChI is InChI=1S/C14H21N3O2S.C2HF3O2/c1-11(18)20-14-3-5-15-10-12(14)9-13-4-6-17(16-13)7-8-19-2;3-2(4,5)1(6)7/h4,6,9,14-15H,3,5,7-8,10H2,1-2H3;(H,6,7)/b12-9+;. The van der Waals surface area contributed by atoms with Gasteiger partial charge in [-0.15, -0.1) is 0 Å². The minimum Gasteiger partial charge on any atom is -0.475 e. The summed E-state index contributed by atoms with van der Waals surface area (Å²) in [5.74, 6) is -2.76. The van der Waals surface area contributed by atoms with E-state index in [0.29, 0.717) is 6.61 Å². The molecule has 152 valence electrons. The third-order valence-corrected chi connectivity index (χ3v) is 4.55. The number of hydrogen-bond acceptors (Lipinski definition) is 6. The lowest BCUT2D eigenvalue weighted by atomic mass is 10.0. The number of methoxy groups -OCH3 is 1. The highest BCUT2D eigenvalue weighted by molar-refractivity contribution is 8.14. The summed E-state index contributed by atoms with van der Waals surface area (Å²) in [5, 5.41) is 15.4. The van der Waals surface area contributed by atoms with E-state index < -0.39 is 12.1 Å². The van der Waals surface area contributed by atoms with E-state index >= 15 is 0 Å². The zero-order valence-electron chi connectivity index (χ0n) is 15.0. The van der Waals surface area contributed by atoms with Crippen LogP contribution in [0.15, 0.2) is 17.8 Å². The smallest absolute Gasteiger partial charge is 0.475 e. The average molecular weight is 409 g/mol. The van der Waals surface area contributed by atoms with Crippen LogP contribution in [0.4, 0.5) is 13.2 Å². The Kier molecular flexibility index (Phi) is 9.53. The maximum absolute atomic E-state index is 11.3. The lowest BCUT2D eigenvalue weighted by Gasteiger charge is -2.24. The van der Waals surface area contributed by atoms with Crippen molar-refractivity contribution in [2.45, 2.75) is 31.3 Å². The first-order valence-corrected chi connectivity index (χ1v) is 8.92. The second kappa shape index (κ2) is 11.1. The third kappa shape index (κ3) is 9.07. The van der Waals surface area contributed by atoms with Crippen LogP contribution >= 0.6 is 11.8 Å². The number of aliphatic carboxylic acids is 1. The number of carboxylic acids is 1. The van der Waals surface area contributed by atoms with Gasteiger partial charge >= 0.3 is 12.1 Å². The summed E-state index contributed by atoms with van der Waals surface area (Å²) in [4.78, 5) is 20.2. The fourth-order valence-corrected chi connectivity index (χ4v) is 3.14. The maximum Gasteiger partial charge on any atom is 0.490 e. The van der Waals surface area contributed by atoms with E-state index in [0.717, 1.165) is 31.7 Å². The number of thioether (sulfide) groups is 1. The van der Waals surface area contributed by atoms with Crippen LogP contribution in [-0.4, -0.2) is 64.2 Å². The molecular weight excluding hydrogens is 387 g/mol. The van der Waals surface area contributed by atoms with E-state index in [1.165, 1.54) is 17.3 Å². The Balaban J connectivity index is 0.000000445. The number of carbonyl (C=O) groups is 2. The summed E-state index contributed by atoms with van der Waals surface area (Å²) in [7, 11) is 1.68. The minimum atomic E-state index is -5.08. The van der Waals surface area contributed by atoms with Crippen molar-refractivity contribution in [3.8, 4) is 0 Å². The summed E-state index contributed by atoms with van der Waals surface area (Å²) in [6.45, 7) is 4.83. The molecule has 1 aromatic rings. The SMILES string of the molecule is COCCn1ccc(/C=C2\CNCCC2SC(C)=O)n1.O=C(O)C(F)(F)F. The number of alkyl halides is 3. The molecule has 11 heteroatoms. The van der Waals surface area contributed by atoms with Crippen LogP contribution in [0.1, 0.15) is 19.0 Å². The highest BCUT2D eigenvalue weighted by Gasteiger charge is 2.38. The summed E-state index contributed by atoms with van der Waals surface area (Å²) in [5.41, 5.74) is 2.18. The molecule has 1 aliphatic heterocycles.